The molecule has 4 aliphatic rings. The summed E-state index contributed by atoms with van der Waals surface area (Å²) in [7, 11) is 1.36. The van der Waals surface area contributed by atoms with Crippen LogP contribution in [0.25, 0.3) is 22.1 Å². The molecular formula is C45H71I2N9O6Si2. The molecule has 2 saturated heterocycles. The molecule has 4 bridgehead atoms. The summed E-state index contributed by atoms with van der Waals surface area (Å²) in [5, 5.41) is 4.42. The Morgan fingerprint density at radius 2 is 1.20 bits per heavy atom. The number of aromatic nitrogens is 6. The summed E-state index contributed by atoms with van der Waals surface area (Å²) in [6.07, 6.45) is 9.28. The van der Waals surface area contributed by atoms with Crippen molar-refractivity contribution in [1.82, 2.24) is 33.6 Å². The molecule has 2 aliphatic heterocycles. The monoisotopic (exact) mass is 1140 g/mol. The van der Waals surface area contributed by atoms with E-state index in [4.69, 9.17) is 24.2 Å². The number of ether oxygens (including phenoxy) is 3. The van der Waals surface area contributed by atoms with E-state index in [1.165, 1.54) is 19.3 Å². The van der Waals surface area contributed by atoms with Gasteiger partial charge in [0.15, 0.2) is 11.3 Å². The molecule has 6 atom stereocenters. The lowest BCUT2D eigenvalue weighted by atomic mass is 9.96. The fourth-order valence-electron chi connectivity index (χ4n) is 10.2. The van der Waals surface area contributed by atoms with E-state index >= 15 is 0 Å². The van der Waals surface area contributed by atoms with Gasteiger partial charge in [-0.15, -0.1) is 0 Å². The lowest BCUT2D eigenvalue weighted by Crippen LogP contribution is -2.46. The number of carbonyl (C=O) groups is 1. The Balaban J connectivity index is 0.000000195. The minimum Gasteiger partial charge on any atom is -0.444 e. The molecule has 19 heteroatoms. The lowest BCUT2D eigenvalue weighted by molar-refractivity contribution is 0.0497. The molecule has 4 fully saturated rings. The third kappa shape index (κ3) is 10.6. The summed E-state index contributed by atoms with van der Waals surface area (Å²) in [6, 6.07) is 2.81. The van der Waals surface area contributed by atoms with Crippen molar-refractivity contribution in [1.29, 1.82) is 0 Å². The second-order valence-electron chi connectivity index (χ2n) is 21.9. The normalized spacial score (nSPS) is 23.2. The Bertz CT molecular complexity index is 2470. The Kier molecular flexibility index (Phi) is 14.9. The first-order chi connectivity index (χ1) is 30.0. The molecule has 0 aromatic carbocycles. The maximum Gasteiger partial charge on any atom is 0.407 e. The van der Waals surface area contributed by atoms with Crippen LogP contribution < -0.4 is 26.2 Å². The smallest absolute Gasteiger partial charge is 0.407 e. The van der Waals surface area contributed by atoms with E-state index in [0.717, 1.165) is 75.2 Å². The molecule has 8 rings (SSSR count). The minimum atomic E-state index is -1.18. The topological polar surface area (TPSA) is 143 Å². The molecule has 15 nitrogen and oxygen atoms in total. The van der Waals surface area contributed by atoms with Crippen LogP contribution in [-0.4, -0.2) is 101 Å². The van der Waals surface area contributed by atoms with Gasteiger partial charge in [-0.05, 0) is 121 Å². The molecule has 4 aromatic heterocycles. The van der Waals surface area contributed by atoms with Crippen LogP contribution in [0, 0.1) is 24.9 Å². The Morgan fingerprint density at radius 3 is 1.66 bits per heavy atom. The van der Waals surface area contributed by atoms with Crippen LogP contribution in [0.15, 0.2) is 22.0 Å². The van der Waals surface area contributed by atoms with Gasteiger partial charge in [0.1, 0.15) is 19.1 Å². The Morgan fingerprint density at radius 1 is 0.750 bits per heavy atom. The van der Waals surface area contributed by atoms with Crippen LogP contribution in [0.4, 0.5) is 16.7 Å². The summed E-state index contributed by atoms with van der Waals surface area (Å²) in [4.78, 5) is 53.7. The highest BCUT2D eigenvalue weighted by atomic mass is 127. The van der Waals surface area contributed by atoms with Crippen molar-refractivity contribution in [2.45, 2.75) is 148 Å². The summed E-state index contributed by atoms with van der Waals surface area (Å²) >= 11 is 4.45. The predicted octanol–water partition coefficient (Wildman–Crippen LogP) is 8.42. The van der Waals surface area contributed by atoms with E-state index in [-0.39, 0.29) is 23.2 Å². The number of alkyl carbamates (subject to hydrolysis) is 1. The average Bonchev–Trinajstić information content (AvgIpc) is 4.05. The first kappa shape index (κ1) is 49.4. The molecule has 0 unspecified atom stereocenters. The lowest BCUT2D eigenvalue weighted by Gasteiger charge is -2.30. The maximum atomic E-state index is 13.4. The number of nitrogens with one attached hydrogen (secondary N) is 1. The quantitative estimate of drug-likeness (QED) is 0.0743. The summed E-state index contributed by atoms with van der Waals surface area (Å²) in [5.41, 5.74) is 0.856. The molecule has 0 radical (unpaired) electrons. The third-order valence-electron chi connectivity index (χ3n) is 13.5. The number of hydrogen-bond donors (Lipinski definition) is 1. The van der Waals surface area contributed by atoms with Gasteiger partial charge >= 0.3 is 6.09 Å². The van der Waals surface area contributed by atoms with E-state index in [0.29, 0.717) is 54.4 Å². The van der Waals surface area contributed by atoms with Crippen molar-refractivity contribution in [2.75, 3.05) is 36.1 Å². The van der Waals surface area contributed by atoms with Crippen molar-refractivity contribution in [3.63, 3.8) is 0 Å². The summed E-state index contributed by atoms with van der Waals surface area (Å²) in [6.45, 7) is 26.0. The van der Waals surface area contributed by atoms with Crippen LogP contribution in [0.5, 0.6) is 0 Å². The SMILES string of the molecule is CC[C@H]1[C@H]2CC[C@@H]1N(c1nc3c(c(I)cn3COCC[Si](C)(C)C)c(=O)n1C)C2.Cn1c(N2C[C@@H]3CC[C@H]2[C@H]3NC(=O)OC(C)(C)C)nc2c(c(I)cn2COCC[Si](C)(C)C)c1=O. The Labute approximate surface area is 407 Å². The number of nitrogens with zero attached hydrogens (tertiary/aromatic N) is 8. The number of rotatable bonds is 14. The van der Waals surface area contributed by atoms with E-state index in [1.807, 2.05) is 49.3 Å². The van der Waals surface area contributed by atoms with E-state index in [2.05, 4.69) is 107 Å². The molecule has 64 heavy (non-hydrogen) atoms. The first-order valence-corrected chi connectivity index (χ1v) is 32.7. The van der Waals surface area contributed by atoms with Crippen molar-refractivity contribution in [2.24, 2.45) is 31.8 Å². The van der Waals surface area contributed by atoms with E-state index in [1.54, 1.807) is 16.2 Å². The van der Waals surface area contributed by atoms with Crippen LogP contribution in [0.2, 0.25) is 51.4 Å². The highest BCUT2D eigenvalue weighted by Gasteiger charge is 2.50. The first-order valence-electron chi connectivity index (χ1n) is 23.2. The van der Waals surface area contributed by atoms with Gasteiger partial charge in [0.05, 0.1) is 22.9 Å². The molecule has 4 aromatic rings. The van der Waals surface area contributed by atoms with Crippen molar-refractivity contribution in [3.8, 4) is 0 Å². The fraction of sp³-hybridized carbons (Fsp3) is 0.711. The van der Waals surface area contributed by atoms with Crippen molar-refractivity contribution >= 4 is 101 Å². The molecule has 0 spiro atoms. The van der Waals surface area contributed by atoms with E-state index < -0.39 is 27.8 Å². The van der Waals surface area contributed by atoms with Gasteiger partial charge in [-0.3, -0.25) is 18.7 Å². The van der Waals surface area contributed by atoms with Gasteiger partial charge in [0.25, 0.3) is 11.1 Å². The van der Waals surface area contributed by atoms with Crippen molar-refractivity contribution < 1.29 is 19.0 Å². The van der Waals surface area contributed by atoms with Gasteiger partial charge < -0.3 is 38.5 Å². The predicted molar refractivity (Wildman–Crippen MR) is 278 cm³/mol. The second-order valence-corrected chi connectivity index (χ2v) is 35.5. The van der Waals surface area contributed by atoms with Crippen molar-refractivity contribution in [3.05, 3.63) is 40.2 Å². The second kappa shape index (κ2) is 19.3. The van der Waals surface area contributed by atoms with Crippen LogP contribution in [0.1, 0.15) is 59.8 Å². The molecule has 354 valence electrons. The van der Waals surface area contributed by atoms with Gasteiger partial charge in [0.2, 0.25) is 11.9 Å². The third-order valence-corrected chi connectivity index (χ3v) is 18.6. The molecule has 1 amide bonds. The zero-order chi connectivity index (χ0) is 46.6. The van der Waals surface area contributed by atoms with Gasteiger partial charge in [0, 0.05) is 82.1 Å². The van der Waals surface area contributed by atoms with Crippen LogP contribution in [-0.2, 0) is 41.8 Å². The zero-order valence-corrected chi connectivity index (χ0v) is 46.4. The van der Waals surface area contributed by atoms with E-state index in [9.17, 15) is 14.4 Å². The van der Waals surface area contributed by atoms with Gasteiger partial charge in [-0.25, -0.2) is 4.79 Å². The fourth-order valence-corrected chi connectivity index (χ4v) is 13.3. The largest absolute Gasteiger partial charge is 0.444 e. The van der Waals surface area contributed by atoms with Gasteiger partial charge in [-0.1, -0.05) is 52.6 Å². The number of amides is 1. The summed E-state index contributed by atoms with van der Waals surface area (Å²) < 4.78 is 26.6. The number of hydrogen-bond acceptors (Lipinski definition) is 10. The molecule has 1 N–H and O–H groups in total. The number of halogens is 2. The number of piperidine rings is 2. The van der Waals surface area contributed by atoms with Crippen LogP contribution >= 0.6 is 45.2 Å². The standard InChI is InChI=1S/C24H38IN5O4Si.C21H33IN4O2Si/c1-24(2,3)34-23(32)26-19-15-8-9-17(19)30(12-15)22-27-20-18(21(31)28(22)4)16(25)13-29(20)14-33-10-11-35(5,6)7;1-6-15-14-7-8-17(15)26(11-14)21-23-19-18(20(27)24(21)2)16(22)12-25(19)13-28-9-10-29(3,4)5/h13,15,17,19H,8-12,14H2,1-7H3,(H,26,32);12,14-15,17H,6-11,13H2,1-5H3/t15-,17-,19-;14-,15-,17-/m00/s1. The number of fused-ring (bicyclic) bond motifs is 6. The maximum absolute atomic E-state index is 13.4. The van der Waals surface area contributed by atoms with Crippen LogP contribution in [0.3, 0.4) is 0 Å². The molecule has 6 heterocycles. The zero-order valence-electron chi connectivity index (χ0n) is 40.1. The molecular weight excluding hydrogens is 1070 g/mol. The highest BCUT2D eigenvalue weighted by molar-refractivity contribution is 14.1. The minimum absolute atomic E-state index is 0.0192. The highest BCUT2D eigenvalue weighted by Crippen LogP contribution is 2.46. The summed E-state index contributed by atoms with van der Waals surface area (Å²) in [5.74, 6) is 3.25. The average molecular weight is 1140 g/mol. The Hall–Kier alpha value is -2.48. The molecule has 2 saturated carbocycles. The number of anilines is 2. The molecule has 2 aliphatic carbocycles. The number of carbonyl (C=O) groups excluding carboxylic acids is 1. The van der Waals surface area contributed by atoms with Gasteiger partial charge in [-0.2, -0.15) is 9.97 Å².